The molecule has 0 saturated carbocycles. The van der Waals surface area contributed by atoms with Gasteiger partial charge >= 0.3 is 5.97 Å². The average Bonchev–Trinajstić information content (AvgIpc) is 2.25. The van der Waals surface area contributed by atoms with Crippen LogP contribution in [0.4, 0.5) is 5.69 Å². The summed E-state index contributed by atoms with van der Waals surface area (Å²) in [5, 5.41) is 9.53. The van der Waals surface area contributed by atoms with Crippen LogP contribution < -0.4 is 11.3 Å². The van der Waals surface area contributed by atoms with Crippen molar-refractivity contribution in [3.8, 4) is 0 Å². The third kappa shape index (κ3) is 1.99. The number of H-pyrrole nitrogens is 1. The zero-order valence-corrected chi connectivity index (χ0v) is 9.28. The van der Waals surface area contributed by atoms with Gasteiger partial charge in [0.25, 0.3) is 5.56 Å². The van der Waals surface area contributed by atoms with E-state index in [9.17, 15) is 9.59 Å². The summed E-state index contributed by atoms with van der Waals surface area (Å²) in [5.41, 5.74) is 7.13. The Morgan fingerprint density at radius 1 is 1.47 bits per heavy atom. The second kappa shape index (κ2) is 3.93. The molecule has 2 aromatic rings. The van der Waals surface area contributed by atoms with Crippen LogP contribution in [-0.4, -0.2) is 16.1 Å². The van der Waals surface area contributed by atoms with Crippen molar-refractivity contribution >= 4 is 22.6 Å². The fourth-order valence-electron chi connectivity index (χ4n) is 1.83. The van der Waals surface area contributed by atoms with Gasteiger partial charge in [-0.1, -0.05) is 11.6 Å². The van der Waals surface area contributed by atoms with Gasteiger partial charge in [0.05, 0.1) is 6.42 Å². The van der Waals surface area contributed by atoms with Gasteiger partial charge in [-0.15, -0.1) is 0 Å². The van der Waals surface area contributed by atoms with E-state index in [0.717, 1.165) is 5.56 Å². The maximum Gasteiger partial charge on any atom is 0.307 e. The Morgan fingerprint density at radius 2 is 2.18 bits per heavy atom. The smallest absolute Gasteiger partial charge is 0.307 e. The summed E-state index contributed by atoms with van der Waals surface area (Å²) < 4.78 is 0. The molecule has 0 saturated heterocycles. The molecule has 0 spiro atoms. The Morgan fingerprint density at radius 3 is 2.82 bits per heavy atom. The number of carbonyl (C=O) groups is 1. The molecule has 0 atom stereocenters. The molecule has 0 fully saturated rings. The van der Waals surface area contributed by atoms with E-state index in [1.807, 2.05) is 19.1 Å². The molecule has 88 valence electrons. The van der Waals surface area contributed by atoms with Crippen LogP contribution >= 0.6 is 0 Å². The highest BCUT2D eigenvalue weighted by Crippen LogP contribution is 2.21. The van der Waals surface area contributed by atoms with Crippen molar-refractivity contribution in [2.75, 3.05) is 5.73 Å². The minimum absolute atomic E-state index is 0.0227. The number of rotatable bonds is 2. The predicted octanol–water partition coefficient (Wildman–Crippen LogP) is 1.05. The third-order valence-electron chi connectivity index (χ3n) is 2.65. The van der Waals surface area contributed by atoms with E-state index in [4.69, 9.17) is 10.8 Å². The molecular weight excluding hydrogens is 220 g/mol. The van der Waals surface area contributed by atoms with Crippen molar-refractivity contribution in [1.29, 1.82) is 0 Å². The van der Waals surface area contributed by atoms with Crippen molar-refractivity contribution in [3.05, 3.63) is 39.7 Å². The molecule has 1 heterocycles. The number of aromatic nitrogens is 1. The van der Waals surface area contributed by atoms with E-state index in [-0.39, 0.29) is 12.1 Å². The summed E-state index contributed by atoms with van der Waals surface area (Å²) in [5.74, 6) is -1.01. The standard InChI is InChI=1S/C12H12N2O3/c1-6-2-3-9-7(4-6)8(5-10(15)16)11(13)12(17)14-9/h2-4H,5,13H2,1H3,(H,14,17)(H,15,16). The van der Waals surface area contributed by atoms with E-state index in [1.165, 1.54) is 0 Å². The second-order valence-electron chi connectivity index (χ2n) is 3.97. The van der Waals surface area contributed by atoms with Gasteiger partial charge in [-0.3, -0.25) is 9.59 Å². The summed E-state index contributed by atoms with van der Waals surface area (Å²) in [7, 11) is 0. The molecule has 0 amide bonds. The van der Waals surface area contributed by atoms with Crippen LogP contribution in [0.25, 0.3) is 10.9 Å². The summed E-state index contributed by atoms with van der Waals surface area (Å²) in [6, 6.07) is 5.41. The molecule has 5 nitrogen and oxygen atoms in total. The number of aromatic amines is 1. The highest BCUT2D eigenvalue weighted by molar-refractivity contribution is 5.90. The first kappa shape index (κ1) is 11.2. The molecule has 4 N–H and O–H groups in total. The Labute approximate surface area is 96.9 Å². The lowest BCUT2D eigenvalue weighted by molar-refractivity contribution is -0.136. The number of carboxylic acid groups (broad SMARTS) is 1. The van der Waals surface area contributed by atoms with Crippen LogP contribution in [0.1, 0.15) is 11.1 Å². The highest BCUT2D eigenvalue weighted by Gasteiger charge is 2.12. The van der Waals surface area contributed by atoms with Gasteiger partial charge in [-0.25, -0.2) is 0 Å². The van der Waals surface area contributed by atoms with Gasteiger partial charge in [-0.2, -0.15) is 0 Å². The second-order valence-corrected chi connectivity index (χ2v) is 3.97. The van der Waals surface area contributed by atoms with E-state index < -0.39 is 11.5 Å². The Hall–Kier alpha value is -2.30. The van der Waals surface area contributed by atoms with Crippen molar-refractivity contribution in [3.63, 3.8) is 0 Å². The zero-order chi connectivity index (χ0) is 12.6. The SMILES string of the molecule is Cc1ccc2[nH]c(=O)c(N)c(CC(=O)O)c2c1. The van der Waals surface area contributed by atoms with Gasteiger partial charge in [0.1, 0.15) is 5.69 Å². The summed E-state index contributed by atoms with van der Waals surface area (Å²) in [6.07, 6.45) is -0.254. The predicted molar refractivity (Wildman–Crippen MR) is 65.1 cm³/mol. The summed E-state index contributed by atoms with van der Waals surface area (Å²) >= 11 is 0. The zero-order valence-electron chi connectivity index (χ0n) is 9.28. The average molecular weight is 232 g/mol. The van der Waals surface area contributed by atoms with Crippen LogP contribution in [0.2, 0.25) is 0 Å². The number of nitrogens with two attached hydrogens (primary N) is 1. The third-order valence-corrected chi connectivity index (χ3v) is 2.65. The van der Waals surface area contributed by atoms with Crippen LogP contribution in [0.3, 0.4) is 0 Å². The number of pyridine rings is 1. The molecule has 0 aliphatic carbocycles. The van der Waals surface area contributed by atoms with Crippen molar-refractivity contribution in [1.82, 2.24) is 4.98 Å². The van der Waals surface area contributed by atoms with Crippen LogP contribution in [0, 0.1) is 6.92 Å². The number of aliphatic carboxylic acids is 1. The molecule has 0 unspecified atom stereocenters. The maximum atomic E-state index is 11.5. The van der Waals surface area contributed by atoms with E-state index in [0.29, 0.717) is 16.5 Å². The summed E-state index contributed by atoms with van der Waals surface area (Å²) in [6.45, 7) is 1.89. The quantitative estimate of drug-likeness (QED) is 0.720. The van der Waals surface area contributed by atoms with Gasteiger partial charge in [0, 0.05) is 16.5 Å². The normalized spacial score (nSPS) is 10.6. The lowest BCUT2D eigenvalue weighted by Gasteiger charge is -2.08. The lowest BCUT2D eigenvalue weighted by atomic mass is 10.0. The molecule has 0 aliphatic heterocycles. The first-order chi connectivity index (χ1) is 7.99. The first-order valence-electron chi connectivity index (χ1n) is 5.12. The fourth-order valence-corrected chi connectivity index (χ4v) is 1.83. The van der Waals surface area contributed by atoms with E-state index in [2.05, 4.69) is 4.98 Å². The fraction of sp³-hybridized carbons (Fsp3) is 0.167. The summed E-state index contributed by atoms with van der Waals surface area (Å²) in [4.78, 5) is 25.0. The Bertz CT molecular complexity index is 659. The maximum absolute atomic E-state index is 11.5. The number of nitrogen functional groups attached to an aromatic ring is 1. The minimum Gasteiger partial charge on any atom is -0.481 e. The van der Waals surface area contributed by atoms with E-state index >= 15 is 0 Å². The van der Waals surface area contributed by atoms with Gasteiger partial charge in [-0.05, 0) is 19.1 Å². The molecular formula is C12H12N2O3. The largest absolute Gasteiger partial charge is 0.481 e. The lowest BCUT2D eigenvalue weighted by Crippen LogP contribution is -2.17. The van der Waals surface area contributed by atoms with Crippen LogP contribution in [0.15, 0.2) is 23.0 Å². The molecule has 5 heteroatoms. The first-order valence-corrected chi connectivity index (χ1v) is 5.12. The molecule has 1 aromatic carbocycles. The number of carboxylic acids is 1. The molecule has 0 aliphatic rings. The number of fused-ring (bicyclic) bond motifs is 1. The molecule has 2 rings (SSSR count). The minimum atomic E-state index is -1.01. The number of nitrogens with one attached hydrogen (secondary N) is 1. The highest BCUT2D eigenvalue weighted by atomic mass is 16.4. The van der Waals surface area contributed by atoms with Crippen LogP contribution in [-0.2, 0) is 11.2 Å². The van der Waals surface area contributed by atoms with Gasteiger partial charge in [0.2, 0.25) is 0 Å². The van der Waals surface area contributed by atoms with Crippen molar-refractivity contribution < 1.29 is 9.90 Å². The van der Waals surface area contributed by atoms with Gasteiger partial charge in [0.15, 0.2) is 0 Å². The van der Waals surface area contributed by atoms with Gasteiger partial charge < -0.3 is 15.8 Å². The molecule has 0 radical (unpaired) electrons. The number of aryl methyl sites for hydroxylation is 1. The van der Waals surface area contributed by atoms with E-state index in [1.54, 1.807) is 6.07 Å². The number of anilines is 1. The molecule has 17 heavy (non-hydrogen) atoms. The number of hydrogen-bond donors (Lipinski definition) is 3. The number of hydrogen-bond acceptors (Lipinski definition) is 3. The molecule has 0 bridgehead atoms. The van der Waals surface area contributed by atoms with Crippen LogP contribution in [0.5, 0.6) is 0 Å². The Kier molecular flexibility index (Phi) is 2.59. The monoisotopic (exact) mass is 232 g/mol. The number of benzene rings is 1. The molecule has 1 aromatic heterocycles. The topological polar surface area (TPSA) is 96.2 Å². The Balaban J connectivity index is 2.84. The van der Waals surface area contributed by atoms with Crippen molar-refractivity contribution in [2.45, 2.75) is 13.3 Å². The van der Waals surface area contributed by atoms with Crippen molar-refractivity contribution in [2.24, 2.45) is 0 Å².